The zero-order chi connectivity index (χ0) is 23.4. The van der Waals surface area contributed by atoms with Crippen LogP contribution in [0.15, 0.2) is 47.1 Å². The van der Waals surface area contributed by atoms with Crippen molar-refractivity contribution in [2.24, 2.45) is 0 Å². The average Bonchev–Trinajstić information content (AvgIpc) is 3.38. The van der Waals surface area contributed by atoms with Crippen LogP contribution < -0.4 is 0 Å². The van der Waals surface area contributed by atoms with E-state index in [1.165, 1.54) is 11.2 Å². The highest BCUT2D eigenvalue weighted by Gasteiger charge is 2.32. The molecular formula is C24H25ClN2O5. The molecule has 3 rings (SSSR count). The number of carbonyl (C=O) groups is 3. The second kappa shape index (κ2) is 9.87. The summed E-state index contributed by atoms with van der Waals surface area (Å²) in [6.07, 6.45) is 1.51. The van der Waals surface area contributed by atoms with E-state index in [0.717, 1.165) is 0 Å². The van der Waals surface area contributed by atoms with Crippen LogP contribution in [0.4, 0.5) is 0 Å². The molecule has 8 heteroatoms. The highest BCUT2D eigenvalue weighted by atomic mass is 35.5. The molecule has 2 heterocycles. The Kier molecular flexibility index (Phi) is 7.20. The number of nitrogens with zero attached hydrogens (tertiary/aromatic N) is 1. The van der Waals surface area contributed by atoms with Gasteiger partial charge in [-0.1, -0.05) is 11.6 Å². The Bertz CT molecular complexity index is 1120. The molecule has 0 aliphatic carbocycles. The first-order valence-electron chi connectivity index (χ1n) is 10.2. The minimum absolute atomic E-state index is 0.106. The molecule has 0 aliphatic rings. The van der Waals surface area contributed by atoms with E-state index in [9.17, 15) is 14.4 Å². The van der Waals surface area contributed by atoms with Crippen LogP contribution in [0.3, 0.4) is 0 Å². The van der Waals surface area contributed by atoms with Gasteiger partial charge in [-0.3, -0.25) is 9.59 Å². The van der Waals surface area contributed by atoms with Crippen LogP contribution >= 0.6 is 11.6 Å². The highest BCUT2D eigenvalue weighted by molar-refractivity contribution is 6.30. The number of esters is 1. The zero-order valence-electron chi connectivity index (χ0n) is 18.4. The third-order valence-corrected chi connectivity index (χ3v) is 5.52. The Morgan fingerprint density at radius 1 is 1.16 bits per heavy atom. The fourth-order valence-electron chi connectivity index (χ4n) is 3.59. The molecule has 7 nitrogen and oxygen atoms in total. The van der Waals surface area contributed by atoms with Gasteiger partial charge in [-0.05, 0) is 69.7 Å². The molecule has 1 N–H and O–H groups in total. The lowest BCUT2D eigenvalue weighted by Gasteiger charge is -2.28. The first-order chi connectivity index (χ1) is 15.2. The molecule has 168 valence electrons. The molecule has 0 bridgehead atoms. The predicted molar refractivity (Wildman–Crippen MR) is 120 cm³/mol. The lowest BCUT2D eigenvalue weighted by atomic mass is 9.99. The van der Waals surface area contributed by atoms with Gasteiger partial charge in [-0.15, -0.1) is 0 Å². The molecule has 0 aliphatic heterocycles. The summed E-state index contributed by atoms with van der Waals surface area (Å²) in [5.74, 6) is -0.609. The Morgan fingerprint density at radius 3 is 2.44 bits per heavy atom. The summed E-state index contributed by atoms with van der Waals surface area (Å²) in [6, 6.07) is 9.11. The summed E-state index contributed by atoms with van der Waals surface area (Å²) in [5, 5.41) is 0.508. The number of aromatic amines is 1. The summed E-state index contributed by atoms with van der Waals surface area (Å²) in [5.41, 5.74) is 2.04. The number of rotatable bonds is 8. The molecule has 0 spiro atoms. The Balaban J connectivity index is 1.96. The molecule has 0 saturated carbocycles. The summed E-state index contributed by atoms with van der Waals surface area (Å²) < 4.78 is 10.5. The maximum atomic E-state index is 13.5. The van der Waals surface area contributed by atoms with Crippen molar-refractivity contribution in [2.45, 2.75) is 40.3 Å². The number of nitrogens with one attached hydrogen (secondary N) is 1. The zero-order valence-corrected chi connectivity index (χ0v) is 19.2. The van der Waals surface area contributed by atoms with Gasteiger partial charge in [0.15, 0.2) is 5.78 Å². The van der Waals surface area contributed by atoms with Gasteiger partial charge in [-0.2, -0.15) is 0 Å². The largest absolute Gasteiger partial charge is 0.467 e. The molecule has 0 saturated heterocycles. The number of Topliss-reactive ketones (excluding diaryl/α,β-unsaturated/α-hetero) is 1. The van der Waals surface area contributed by atoms with Crippen molar-refractivity contribution in [3.05, 3.63) is 81.5 Å². The van der Waals surface area contributed by atoms with E-state index in [1.807, 2.05) is 0 Å². The molecule has 1 amide bonds. The van der Waals surface area contributed by atoms with Gasteiger partial charge in [0.05, 0.1) is 25.5 Å². The van der Waals surface area contributed by atoms with Crippen LogP contribution in [-0.4, -0.2) is 40.2 Å². The number of ether oxygens (including phenoxy) is 1. The number of aromatic nitrogens is 1. The van der Waals surface area contributed by atoms with E-state index in [2.05, 4.69) is 4.98 Å². The van der Waals surface area contributed by atoms with Crippen molar-refractivity contribution >= 4 is 29.3 Å². The number of hydrogen-bond donors (Lipinski definition) is 1. The average molecular weight is 457 g/mol. The normalized spacial score (nSPS) is 11.8. The van der Waals surface area contributed by atoms with Gasteiger partial charge in [-0.25, -0.2) is 4.79 Å². The van der Waals surface area contributed by atoms with Crippen molar-refractivity contribution in [1.82, 2.24) is 9.88 Å². The van der Waals surface area contributed by atoms with Crippen molar-refractivity contribution < 1.29 is 23.5 Å². The first kappa shape index (κ1) is 23.3. The fourth-order valence-corrected chi connectivity index (χ4v) is 3.72. The molecule has 3 aromatic rings. The van der Waals surface area contributed by atoms with E-state index in [-0.39, 0.29) is 30.5 Å². The minimum atomic E-state index is -0.827. The Labute approximate surface area is 191 Å². The van der Waals surface area contributed by atoms with E-state index in [4.69, 9.17) is 20.8 Å². The van der Waals surface area contributed by atoms with Crippen LogP contribution in [-0.2, 0) is 11.3 Å². The maximum absolute atomic E-state index is 13.5. The molecule has 0 unspecified atom stereocenters. The smallest absolute Gasteiger partial charge is 0.355 e. The monoisotopic (exact) mass is 456 g/mol. The Morgan fingerprint density at radius 2 is 1.84 bits per heavy atom. The summed E-state index contributed by atoms with van der Waals surface area (Å²) >= 11 is 5.95. The van der Waals surface area contributed by atoms with Crippen molar-refractivity contribution in [2.75, 3.05) is 6.61 Å². The molecule has 0 fully saturated rings. The summed E-state index contributed by atoms with van der Waals surface area (Å²) in [4.78, 5) is 43.5. The first-order valence-corrected chi connectivity index (χ1v) is 10.6. The predicted octanol–water partition coefficient (Wildman–Crippen LogP) is 4.97. The fraction of sp³-hybridized carbons (Fsp3) is 0.292. The minimum Gasteiger partial charge on any atom is -0.467 e. The third-order valence-electron chi connectivity index (χ3n) is 5.27. The molecule has 32 heavy (non-hydrogen) atoms. The molecule has 1 atom stereocenters. The lowest BCUT2D eigenvalue weighted by Crippen LogP contribution is -2.43. The molecular weight excluding hydrogens is 432 g/mol. The maximum Gasteiger partial charge on any atom is 0.355 e. The second-order valence-electron chi connectivity index (χ2n) is 7.41. The van der Waals surface area contributed by atoms with Gasteiger partial charge < -0.3 is 19.0 Å². The van der Waals surface area contributed by atoms with E-state index >= 15 is 0 Å². The quantitative estimate of drug-likeness (QED) is 0.381. The van der Waals surface area contributed by atoms with Gasteiger partial charge in [0, 0.05) is 21.8 Å². The van der Waals surface area contributed by atoms with Crippen LogP contribution in [0.2, 0.25) is 5.02 Å². The number of carbonyl (C=O) groups excluding carboxylic acids is 3. The van der Waals surface area contributed by atoms with E-state index in [1.54, 1.807) is 64.1 Å². The van der Waals surface area contributed by atoms with E-state index < -0.39 is 12.0 Å². The number of hydrogen-bond acceptors (Lipinski definition) is 5. The van der Waals surface area contributed by atoms with E-state index in [0.29, 0.717) is 33.2 Å². The number of furan rings is 1. The summed E-state index contributed by atoms with van der Waals surface area (Å²) in [7, 11) is 0. The number of aryl methyl sites for hydroxylation is 1. The van der Waals surface area contributed by atoms with Crippen molar-refractivity contribution in [3.63, 3.8) is 0 Å². The molecule has 2 aromatic heterocycles. The van der Waals surface area contributed by atoms with Crippen LogP contribution in [0, 0.1) is 13.8 Å². The standard InChI is InChI=1S/C24H25ClN2O5/c1-5-31-24(30)21-14(2)20(15(3)26-21)22(28)16(4)27(13-19-7-6-12-32-19)23(29)17-8-10-18(25)11-9-17/h6-12,16,26H,5,13H2,1-4H3/t16-/m1/s1. The van der Waals surface area contributed by atoms with Crippen LogP contribution in [0.1, 0.15) is 62.1 Å². The number of benzene rings is 1. The number of halogens is 1. The lowest BCUT2D eigenvalue weighted by molar-refractivity contribution is 0.0518. The SMILES string of the molecule is CCOC(=O)c1[nH]c(C)c(C(=O)[C@@H](C)N(Cc2ccco2)C(=O)c2ccc(Cl)cc2)c1C. The van der Waals surface area contributed by atoms with Crippen molar-refractivity contribution in [3.8, 4) is 0 Å². The number of ketones is 1. The molecule has 1 aromatic carbocycles. The van der Waals surface area contributed by atoms with Gasteiger partial charge in [0.2, 0.25) is 0 Å². The highest BCUT2D eigenvalue weighted by Crippen LogP contribution is 2.24. The third kappa shape index (κ3) is 4.78. The topological polar surface area (TPSA) is 92.6 Å². The number of H-pyrrole nitrogens is 1. The second-order valence-corrected chi connectivity index (χ2v) is 7.84. The van der Waals surface area contributed by atoms with Crippen LogP contribution in [0.5, 0.6) is 0 Å². The Hall–Kier alpha value is -3.32. The van der Waals surface area contributed by atoms with Crippen molar-refractivity contribution in [1.29, 1.82) is 0 Å². The van der Waals surface area contributed by atoms with Crippen LogP contribution in [0.25, 0.3) is 0 Å². The summed E-state index contributed by atoms with van der Waals surface area (Å²) in [6.45, 7) is 7.11. The van der Waals surface area contributed by atoms with Gasteiger partial charge in [0.1, 0.15) is 11.5 Å². The molecule has 0 radical (unpaired) electrons. The van der Waals surface area contributed by atoms with Gasteiger partial charge >= 0.3 is 5.97 Å². The number of amides is 1. The van der Waals surface area contributed by atoms with Gasteiger partial charge in [0.25, 0.3) is 5.91 Å².